The van der Waals surface area contributed by atoms with Gasteiger partial charge in [-0.3, -0.25) is 4.99 Å². The third-order valence-electron chi connectivity index (χ3n) is 4.77. The number of hydrogen-bond donors (Lipinski definition) is 1. The van der Waals surface area contributed by atoms with Gasteiger partial charge in [-0.15, -0.1) is 11.3 Å². The molecule has 1 aliphatic rings. The van der Waals surface area contributed by atoms with E-state index in [0.29, 0.717) is 37.8 Å². The highest BCUT2D eigenvalue weighted by molar-refractivity contribution is 7.88. The molecule has 8 nitrogen and oxygen atoms in total. The van der Waals surface area contributed by atoms with Crippen molar-refractivity contribution >= 4 is 27.3 Å². The van der Waals surface area contributed by atoms with Crippen LogP contribution in [0.15, 0.2) is 39.4 Å². The van der Waals surface area contributed by atoms with Gasteiger partial charge in [0, 0.05) is 50.2 Å². The Morgan fingerprint density at radius 1 is 1.34 bits per heavy atom. The van der Waals surface area contributed by atoms with Crippen LogP contribution < -0.4 is 5.32 Å². The molecule has 10 heteroatoms. The Morgan fingerprint density at radius 2 is 2.14 bits per heavy atom. The maximum Gasteiger partial charge on any atom is 0.220 e. The zero-order valence-electron chi connectivity index (χ0n) is 17.0. The number of aromatic nitrogens is 1. The molecule has 1 N–H and O–H groups in total. The number of nitrogens with zero attached hydrogens (tertiary/aromatic N) is 4. The largest absolute Gasteiger partial charge is 0.364 e. The van der Waals surface area contributed by atoms with E-state index in [-0.39, 0.29) is 5.75 Å². The molecule has 0 radical (unpaired) electrons. The van der Waals surface area contributed by atoms with Gasteiger partial charge >= 0.3 is 0 Å². The highest BCUT2D eigenvalue weighted by Gasteiger charge is 2.29. The molecule has 2 aromatic heterocycles. The lowest BCUT2D eigenvalue weighted by atomic mass is 10.1. The first-order valence-corrected chi connectivity index (χ1v) is 12.4. The van der Waals surface area contributed by atoms with Crippen LogP contribution in [-0.2, 0) is 22.2 Å². The lowest BCUT2D eigenvalue weighted by molar-refractivity contribution is 0.259. The molecule has 0 amide bonds. The minimum Gasteiger partial charge on any atom is -0.364 e. The quantitative estimate of drug-likeness (QED) is 0.500. The first-order valence-electron chi connectivity index (χ1n) is 9.90. The summed E-state index contributed by atoms with van der Waals surface area (Å²) in [4.78, 5) is 8.33. The molecular weight excluding hydrogens is 410 g/mol. The molecule has 0 spiro atoms. The van der Waals surface area contributed by atoms with E-state index in [1.54, 1.807) is 17.4 Å². The predicted octanol–water partition coefficient (Wildman–Crippen LogP) is 2.03. The summed E-state index contributed by atoms with van der Waals surface area (Å²) in [7, 11) is -3.40. The molecular formula is C19H29N5O3S2. The van der Waals surface area contributed by atoms with Crippen molar-refractivity contribution in [3.63, 3.8) is 0 Å². The van der Waals surface area contributed by atoms with Crippen LogP contribution in [0.2, 0.25) is 0 Å². The predicted molar refractivity (Wildman–Crippen MR) is 115 cm³/mol. The van der Waals surface area contributed by atoms with Crippen LogP contribution in [0, 0.1) is 5.92 Å². The van der Waals surface area contributed by atoms with E-state index in [4.69, 9.17) is 9.52 Å². The molecule has 1 saturated heterocycles. The Hall–Kier alpha value is -1.91. The van der Waals surface area contributed by atoms with E-state index in [9.17, 15) is 8.42 Å². The number of nitrogens with one attached hydrogen (secondary N) is 1. The first-order chi connectivity index (χ1) is 14.0. The van der Waals surface area contributed by atoms with E-state index in [1.165, 1.54) is 15.4 Å². The monoisotopic (exact) mass is 439 g/mol. The zero-order valence-corrected chi connectivity index (χ0v) is 18.6. The second-order valence-corrected chi connectivity index (χ2v) is 10.2. The van der Waals surface area contributed by atoms with Crippen molar-refractivity contribution in [2.45, 2.75) is 26.0 Å². The normalized spacial score (nSPS) is 17.4. The molecule has 2 aromatic rings. The molecule has 1 aliphatic heterocycles. The molecule has 0 saturated carbocycles. The van der Waals surface area contributed by atoms with E-state index >= 15 is 0 Å². The molecule has 160 valence electrons. The van der Waals surface area contributed by atoms with Gasteiger partial charge in [-0.25, -0.2) is 8.42 Å². The van der Waals surface area contributed by atoms with E-state index in [2.05, 4.69) is 39.8 Å². The van der Waals surface area contributed by atoms with Gasteiger partial charge in [-0.2, -0.15) is 4.31 Å². The van der Waals surface area contributed by atoms with Crippen molar-refractivity contribution in [3.8, 4) is 0 Å². The molecule has 1 fully saturated rings. The summed E-state index contributed by atoms with van der Waals surface area (Å²) >= 11 is 1.78. The van der Waals surface area contributed by atoms with Gasteiger partial charge in [0.1, 0.15) is 12.0 Å². The molecule has 1 atom stereocenters. The summed E-state index contributed by atoms with van der Waals surface area (Å²) in [6, 6.07) is 5.83. The topological polar surface area (TPSA) is 91.0 Å². The van der Waals surface area contributed by atoms with Crippen molar-refractivity contribution in [1.82, 2.24) is 19.7 Å². The standard InChI is InChI=1S/C19H29N5O3S2/c1-3-20-19(21-14-16(2)13-18-5-4-12-28-18)23-7-9-24(10-8-23)29(25,26)15-17-6-11-27-22-17/h4-6,11-12,16H,3,7-10,13-15H2,1-2H3,(H,20,21). The fraction of sp³-hybridized carbons (Fsp3) is 0.579. The second kappa shape index (κ2) is 10.2. The van der Waals surface area contributed by atoms with E-state index < -0.39 is 10.0 Å². The molecule has 0 aliphatic carbocycles. The van der Waals surface area contributed by atoms with Crippen LogP contribution in [0.25, 0.3) is 0 Å². The van der Waals surface area contributed by atoms with Crippen molar-refractivity contribution in [2.75, 3.05) is 39.3 Å². The molecule has 0 bridgehead atoms. The molecule has 29 heavy (non-hydrogen) atoms. The number of thiophene rings is 1. The summed E-state index contributed by atoms with van der Waals surface area (Å²) < 4.78 is 31.5. The van der Waals surface area contributed by atoms with Gasteiger partial charge in [-0.1, -0.05) is 18.1 Å². The van der Waals surface area contributed by atoms with Crippen molar-refractivity contribution in [2.24, 2.45) is 10.9 Å². The number of piperazine rings is 1. The minimum atomic E-state index is -3.40. The van der Waals surface area contributed by atoms with E-state index in [1.807, 2.05) is 6.92 Å². The highest BCUT2D eigenvalue weighted by Crippen LogP contribution is 2.15. The number of sulfonamides is 1. The van der Waals surface area contributed by atoms with Crippen molar-refractivity contribution in [3.05, 3.63) is 40.4 Å². The van der Waals surface area contributed by atoms with Gasteiger partial charge in [0.2, 0.25) is 10.0 Å². The summed E-state index contributed by atoms with van der Waals surface area (Å²) in [5, 5.41) is 9.16. The van der Waals surface area contributed by atoms with Crippen LogP contribution in [0.3, 0.4) is 0 Å². The Bertz CT molecular complexity index is 858. The maximum atomic E-state index is 12.6. The number of hydrogen-bond acceptors (Lipinski definition) is 6. The Morgan fingerprint density at radius 3 is 2.76 bits per heavy atom. The molecule has 1 unspecified atom stereocenters. The maximum absolute atomic E-state index is 12.6. The minimum absolute atomic E-state index is 0.127. The Kier molecular flexibility index (Phi) is 7.68. The average Bonchev–Trinajstić information content (AvgIpc) is 3.39. The summed E-state index contributed by atoms with van der Waals surface area (Å²) in [6.45, 7) is 7.88. The van der Waals surface area contributed by atoms with Crippen LogP contribution in [0.1, 0.15) is 24.4 Å². The number of guanidine groups is 1. The van der Waals surface area contributed by atoms with Gasteiger partial charge in [-0.05, 0) is 30.7 Å². The van der Waals surface area contributed by atoms with Gasteiger partial charge < -0.3 is 14.7 Å². The summed E-state index contributed by atoms with van der Waals surface area (Å²) in [6.07, 6.45) is 2.41. The third kappa shape index (κ3) is 6.28. The van der Waals surface area contributed by atoms with E-state index in [0.717, 1.165) is 25.5 Å². The fourth-order valence-corrected chi connectivity index (χ4v) is 5.57. The lowest BCUT2D eigenvalue weighted by Gasteiger charge is -2.35. The van der Waals surface area contributed by atoms with Crippen LogP contribution in [0.4, 0.5) is 0 Å². The SMILES string of the molecule is CCNC(=NCC(C)Cc1cccs1)N1CCN(S(=O)(=O)Cc2ccon2)CC1. The number of aliphatic imine (C=N–C) groups is 1. The summed E-state index contributed by atoms with van der Waals surface area (Å²) in [5.41, 5.74) is 0.432. The lowest BCUT2D eigenvalue weighted by Crippen LogP contribution is -2.54. The Labute approximate surface area is 176 Å². The van der Waals surface area contributed by atoms with Crippen LogP contribution in [-0.4, -0.2) is 68.0 Å². The highest BCUT2D eigenvalue weighted by atomic mass is 32.2. The second-order valence-electron chi connectivity index (χ2n) is 7.22. The van der Waals surface area contributed by atoms with Crippen LogP contribution in [0.5, 0.6) is 0 Å². The van der Waals surface area contributed by atoms with Crippen molar-refractivity contribution < 1.29 is 12.9 Å². The fourth-order valence-electron chi connectivity index (χ4n) is 3.27. The molecule has 0 aromatic carbocycles. The smallest absolute Gasteiger partial charge is 0.220 e. The first kappa shape index (κ1) is 21.8. The average molecular weight is 440 g/mol. The number of rotatable bonds is 8. The van der Waals surface area contributed by atoms with Gasteiger partial charge in [0.15, 0.2) is 5.96 Å². The van der Waals surface area contributed by atoms with Gasteiger partial charge in [0.05, 0.1) is 5.69 Å². The Balaban J connectivity index is 1.54. The summed E-state index contributed by atoms with van der Waals surface area (Å²) in [5.74, 6) is 1.18. The molecule has 3 rings (SSSR count). The third-order valence-corrected chi connectivity index (χ3v) is 7.48. The van der Waals surface area contributed by atoms with Gasteiger partial charge in [0.25, 0.3) is 0 Å². The molecule has 3 heterocycles. The van der Waals surface area contributed by atoms with Crippen LogP contribution >= 0.6 is 11.3 Å². The van der Waals surface area contributed by atoms with Crippen molar-refractivity contribution in [1.29, 1.82) is 0 Å². The zero-order chi connectivity index (χ0) is 20.7.